The second-order valence-corrected chi connectivity index (χ2v) is 5.97. The Morgan fingerprint density at radius 1 is 1.35 bits per heavy atom. The average Bonchev–Trinajstić information content (AvgIpc) is 3.13. The molecule has 1 unspecified atom stereocenters. The van der Waals surface area contributed by atoms with E-state index in [1.807, 2.05) is 0 Å². The second kappa shape index (κ2) is 5.51. The van der Waals surface area contributed by atoms with Gasteiger partial charge in [0, 0.05) is 29.1 Å². The highest BCUT2D eigenvalue weighted by Crippen LogP contribution is 2.44. The third-order valence-electron chi connectivity index (χ3n) is 3.70. The average molecular weight is 298 g/mol. The van der Waals surface area contributed by atoms with Crippen LogP contribution in [0.2, 0.25) is 0 Å². The molecule has 0 aliphatic heterocycles. The van der Waals surface area contributed by atoms with Gasteiger partial charge in [0.1, 0.15) is 0 Å². The number of hydrogen-bond donors (Lipinski definition) is 2. The molecule has 0 bridgehead atoms. The predicted octanol–water partition coefficient (Wildman–Crippen LogP) is 3.26. The first kappa shape index (κ1) is 13.1. The zero-order chi connectivity index (χ0) is 12.3. The van der Waals surface area contributed by atoms with Crippen LogP contribution in [-0.2, 0) is 0 Å². The van der Waals surface area contributed by atoms with E-state index in [4.69, 9.17) is 0 Å². The van der Waals surface area contributed by atoms with Crippen molar-refractivity contribution in [3.63, 3.8) is 0 Å². The number of aliphatic hydroxyl groups is 1. The van der Waals surface area contributed by atoms with E-state index in [-0.39, 0.29) is 5.41 Å². The van der Waals surface area contributed by atoms with Gasteiger partial charge in [0.2, 0.25) is 0 Å². The van der Waals surface area contributed by atoms with Gasteiger partial charge in [-0.1, -0.05) is 35.0 Å². The zero-order valence-electron chi connectivity index (χ0n) is 10.2. The van der Waals surface area contributed by atoms with E-state index in [1.165, 1.54) is 5.56 Å². The lowest BCUT2D eigenvalue weighted by Gasteiger charge is -2.21. The Balaban J connectivity index is 1.94. The molecular formula is C14H20BrNO. The fourth-order valence-corrected chi connectivity index (χ4v) is 2.36. The molecule has 3 heteroatoms. The van der Waals surface area contributed by atoms with Crippen LogP contribution in [0.4, 0.5) is 0 Å². The van der Waals surface area contributed by atoms with Crippen LogP contribution >= 0.6 is 15.9 Å². The molecule has 0 heterocycles. The van der Waals surface area contributed by atoms with Gasteiger partial charge in [0.15, 0.2) is 0 Å². The first-order chi connectivity index (χ1) is 8.19. The summed E-state index contributed by atoms with van der Waals surface area (Å²) in [7, 11) is 0. The lowest BCUT2D eigenvalue weighted by molar-refractivity contribution is 0.203. The SMILES string of the molecule is CCC(NCC1(CO)CC1)c1ccc(Br)cc1. The van der Waals surface area contributed by atoms with E-state index < -0.39 is 0 Å². The Labute approximate surface area is 112 Å². The normalized spacial score (nSPS) is 19.0. The third kappa shape index (κ3) is 3.30. The second-order valence-electron chi connectivity index (χ2n) is 5.05. The van der Waals surface area contributed by atoms with Crippen molar-refractivity contribution in [2.45, 2.75) is 32.2 Å². The summed E-state index contributed by atoms with van der Waals surface area (Å²) in [6, 6.07) is 8.87. The molecule has 94 valence electrons. The molecule has 1 saturated carbocycles. The first-order valence-electron chi connectivity index (χ1n) is 6.29. The summed E-state index contributed by atoms with van der Waals surface area (Å²) in [5.41, 5.74) is 1.51. The largest absolute Gasteiger partial charge is 0.396 e. The molecule has 0 amide bonds. The summed E-state index contributed by atoms with van der Waals surface area (Å²) in [6.07, 6.45) is 3.39. The molecule has 0 spiro atoms. The van der Waals surface area contributed by atoms with Crippen LogP contribution in [0.25, 0.3) is 0 Å². The van der Waals surface area contributed by atoms with Gasteiger partial charge in [-0.15, -0.1) is 0 Å². The molecule has 1 aliphatic carbocycles. The van der Waals surface area contributed by atoms with Crippen LogP contribution in [0, 0.1) is 5.41 Å². The highest BCUT2D eigenvalue weighted by molar-refractivity contribution is 9.10. The van der Waals surface area contributed by atoms with Crippen molar-refractivity contribution in [3.05, 3.63) is 34.3 Å². The summed E-state index contributed by atoms with van der Waals surface area (Å²) < 4.78 is 1.12. The van der Waals surface area contributed by atoms with Gasteiger partial charge >= 0.3 is 0 Å². The van der Waals surface area contributed by atoms with Crippen molar-refractivity contribution >= 4 is 15.9 Å². The minimum Gasteiger partial charge on any atom is -0.396 e. The van der Waals surface area contributed by atoms with E-state index in [2.05, 4.69) is 52.4 Å². The van der Waals surface area contributed by atoms with Crippen LogP contribution in [0.5, 0.6) is 0 Å². The summed E-state index contributed by atoms with van der Waals surface area (Å²) in [6.45, 7) is 3.44. The molecular weight excluding hydrogens is 278 g/mol. The first-order valence-corrected chi connectivity index (χ1v) is 7.08. The Kier molecular flexibility index (Phi) is 4.23. The molecule has 1 fully saturated rings. The predicted molar refractivity (Wildman–Crippen MR) is 73.9 cm³/mol. The molecule has 1 aromatic rings. The Hall–Kier alpha value is -0.380. The molecule has 17 heavy (non-hydrogen) atoms. The standard InChI is InChI=1S/C14H20BrNO/c1-2-13(11-3-5-12(15)6-4-11)16-9-14(10-17)7-8-14/h3-6,13,16-17H,2,7-10H2,1H3. The van der Waals surface area contributed by atoms with E-state index in [9.17, 15) is 5.11 Å². The molecule has 0 saturated heterocycles. The number of nitrogens with one attached hydrogen (secondary N) is 1. The Morgan fingerprint density at radius 2 is 2.00 bits per heavy atom. The Morgan fingerprint density at radius 3 is 2.47 bits per heavy atom. The summed E-state index contributed by atoms with van der Waals surface area (Å²) in [5.74, 6) is 0. The van der Waals surface area contributed by atoms with Crippen molar-refractivity contribution in [3.8, 4) is 0 Å². The minimum atomic E-state index is 0.183. The highest BCUT2D eigenvalue weighted by Gasteiger charge is 2.41. The van der Waals surface area contributed by atoms with Crippen LogP contribution in [0.15, 0.2) is 28.7 Å². The fourth-order valence-electron chi connectivity index (χ4n) is 2.10. The topological polar surface area (TPSA) is 32.3 Å². The van der Waals surface area contributed by atoms with Gasteiger partial charge in [0.25, 0.3) is 0 Å². The van der Waals surface area contributed by atoms with Crippen LogP contribution in [0.1, 0.15) is 37.8 Å². The third-order valence-corrected chi connectivity index (χ3v) is 4.23. The summed E-state index contributed by atoms with van der Waals surface area (Å²) in [5, 5.41) is 12.9. The zero-order valence-corrected chi connectivity index (χ0v) is 11.8. The maximum absolute atomic E-state index is 9.30. The van der Waals surface area contributed by atoms with Crippen molar-refractivity contribution in [1.82, 2.24) is 5.32 Å². The molecule has 0 radical (unpaired) electrons. The minimum absolute atomic E-state index is 0.183. The lowest BCUT2D eigenvalue weighted by Crippen LogP contribution is -2.29. The molecule has 1 atom stereocenters. The maximum atomic E-state index is 9.30. The van der Waals surface area contributed by atoms with E-state index in [0.717, 1.165) is 30.3 Å². The Bertz CT molecular complexity index is 359. The van der Waals surface area contributed by atoms with E-state index in [0.29, 0.717) is 12.6 Å². The molecule has 2 nitrogen and oxygen atoms in total. The van der Waals surface area contributed by atoms with Crippen molar-refractivity contribution in [2.24, 2.45) is 5.41 Å². The van der Waals surface area contributed by atoms with Crippen molar-refractivity contribution in [1.29, 1.82) is 0 Å². The number of halogens is 1. The van der Waals surface area contributed by atoms with Gasteiger partial charge in [-0.2, -0.15) is 0 Å². The van der Waals surface area contributed by atoms with E-state index in [1.54, 1.807) is 0 Å². The molecule has 1 aromatic carbocycles. The quantitative estimate of drug-likeness (QED) is 0.845. The van der Waals surface area contributed by atoms with Crippen molar-refractivity contribution in [2.75, 3.05) is 13.2 Å². The van der Waals surface area contributed by atoms with Gasteiger partial charge in [-0.05, 0) is 37.0 Å². The van der Waals surface area contributed by atoms with Crippen LogP contribution in [-0.4, -0.2) is 18.3 Å². The summed E-state index contributed by atoms with van der Waals surface area (Å²) >= 11 is 3.45. The molecule has 0 aromatic heterocycles. The van der Waals surface area contributed by atoms with Crippen LogP contribution in [0.3, 0.4) is 0 Å². The van der Waals surface area contributed by atoms with Gasteiger partial charge in [0.05, 0.1) is 0 Å². The smallest absolute Gasteiger partial charge is 0.0499 e. The fraction of sp³-hybridized carbons (Fsp3) is 0.571. The number of rotatable bonds is 6. The molecule has 1 aliphatic rings. The van der Waals surface area contributed by atoms with Gasteiger partial charge < -0.3 is 10.4 Å². The van der Waals surface area contributed by atoms with Crippen LogP contribution < -0.4 is 5.32 Å². The number of aliphatic hydroxyl groups excluding tert-OH is 1. The van der Waals surface area contributed by atoms with Gasteiger partial charge in [-0.3, -0.25) is 0 Å². The number of benzene rings is 1. The maximum Gasteiger partial charge on any atom is 0.0499 e. The monoisotopic (exact) mass is 297 g/mol. The highest BCUT2D eigenvalue weighted by atomic mass is 79.9. The molecule has 2 N–H and O–H groups in total. The van der Waals surface area contributed by atoms with Crippen molar-refractivity contribution < 1.29 is 5.11 Å². The van der Waals surface area contributed by atoms with E-state index >= 15 is 0 Å². The lowest BCUT2D eigenvalue weighted by atomic mass is 10.0. The number of hydrogen-bond acceptors (Lipinski definition) is 2. The van der Waals surface area contributed by atoms with Gasteiger partial charge in [-0.25, -0.2) is 0 Å². The molecule has 2 rings (SSSR count). The summed E-state index contributed by atoms with van der Waals surface area (Å²) in [4.78, 5) is 0.